The molecule has 0 aliphatic carbocycles. The zero-order chi connectivity index (χ0) is 17.9. The number of likely N-dealkylation sites (tertiary alicyclic amines) is 2. The van der Waals surface area contributed by atoms with Gasteiger partial charge in [0.2, 0.25) is 11.8 Å². The molecule has 0 aromatic heterocycles. The lowest BCUT2D eigenvalue weighted by molar-refractivity contribution is -0.154. The summed E-state index contributed by atoms with van der Waals surface area (Å²) >= 11 is 0. The second-order valence-corrected chi connectivity index (χ2v) is 7.37. The summed E-state index contributed by atoms with van der Waals surface area (Å²) in [5.41, 5.74) is 1.09. The van der Waals surface area contributed by atoms with Crippen molar-refractivity contribution in [3.05, 3.63) is 35.9 Å². The Balaban J connectivity index is 1.41. The predicted molar refractivity (Wildman–Crippen MR) is 95.0 cm³/mol. The minimum atomic E-state index is -0.309. The molecule has 2 amide bonds. The molecule has 6 nitrogen and oxygen atoms in total. The summed E-state index contributed by atoms with van der Waals surface area (Å²) in [4.78, 5) is 29.3. The number of nitrogens with zero attached hydrogens (tertiary/aromatic N) is 2. The molecular weight excluding hydrogens is 332 g/mol. The van der Waals surface area contributed by atoms with Crippen molar-refractivity contribution in [2.24, 2.45) is 5.92 Å². The highest BCUT2D eigenvalue weighted by Crippen LogP contribution is 2.29. The van der Waals surface area contributed by atoms with Crippen molar-refractivity contribution in [3.8, 4) is 0 Å². The Kier molecular flexibility index (Phi) is 5.22. The number of hydrogen-bond donors (Lipinski definition) is 0. The summed E-state index contributed by atoms with van der Waals surface area (Å²) in [7, 11) is 0. The second kappa shape index (κ2) is 7.76. The average Bonchev–Trinajstić information content (AvgIpc) is 3.33. The van der Waals surface area contributed by atoms with Gasteiger partial charge in [0.15, 0.2) is 6.29 Å². The molecule has 3 fully saturated rings. The topological polar surface area (TPSA) is 59.1 Å². The average molecular weight is 358 g/mol. The van der Waals surface area contributed by atoms with Gasteiger partial charge in [-0.1, -0.05) is 30.3 Å². The highest BCUT2D eigenvalue weighted by Gasteiger charge is 2.42. The van der Waals surface area contributed by atoms with E-state index in [2.05, 4.69) is 0 Å². The van der Waals surface area contributed by atoms with E-state index in [-0.39, 0.29) is 30.1 Å². The van der Waals surface area contributed by atoms with E-state index >= 15 is 0 Å². The van der Waals surface area contributed by atoms with Crippen molar-refractivity contribution < 1.29 is 19.1 Å². The van der Waals surface area contributed by atoms with E-state index in [1.165, 1.54) is 0 Å². The third-order valence-electron chi connectivity index (χ3n) is 5.57. The molecule has 3 aliphatic rings. The first-order chi connectivity index (χ1) is 12.7. The lowest BCUT2D eigenvalue weighted by Gasteiger charge is -2.39. The van der Waals surface area contributed by atoms with E-state index < -0.39 is 0 Å². The van der Waals surface area contributed by atoms with Gasteiger partial charge in [0.05, 0.1) is 25.2 Å². The molecule has 0 radical (unpaired) electrons. The number of ether oxygens (including phenoxy) is 2. The molecule has 0 spiro atoms. The summed E-state index contributed by atoms with van der Waals surface area (Å²) in [6.45, 7) is 2.99. The van der Waals surface area contributed by atoms with Gasteiger partial charge in [0, 0.05) is 26.1 Å². The number of carbonyl (C=O) groups excluding carboxylic acids is 2. The molecule has 1 aromatic carbocycles. The lowest BCUT2D eigenvalue weighted by Crippen LogP contribution is -2.52. The molecule has 3 saturated heterocycles. The lowest BCUT2D eigenvalue weighted by atomic mass is 9.98. The van der Waals surface area contributed by atoms with Crippen molar-refractivity contribution in [1.29, 1.82) is 0 Å². The van der Waals surface area contributed by atoms with Gasteiger partial charge in [0.1, 0.15) is 0 Å². The van der Waals surface area contributed by atoms with Gasteiger partial charge in [-0.05, 0) is 24.8 Å². The summed E-state index contributed by atoms with van der Waals surface area (Å²) in [6.07, 6.45) is 2.99. The Morgan fingerprint density at radius 3 is 2.65 bits per heavy atom. The Morgan fingerprint density at radius 2 is 1.88 bits per heavy atom. The Morgan fingerprint density at radius 1 is 1.12 bits per heavy atom. The van der Waals surface area contributed by atoms with Crippen LogP contribution in [0.1, 0.15) is 31.2 Å². The van der Waals surface area contributed by atoms with Crippen molar-refractivity contribution in [2.75, 3.05) is 26.3 Å². The van der Waals surface area contributed by atoms with Crippen molar-refractivity contribution in [2.45, 2.75) is 44.6 Å². The molecule has 2 atom stereocenters. The third-order valence-corrected chi connectivity index (χ3v) is 5.57. The highest BCUT2D eigenvalue weighted by molar-refractivity contribution is 5.89. The summed E-state index contributed by atoms with van der Waals surface area (Å²) in [5, 5.41) is 0. The monoisotopic (exact) mass is 358 g/mol. The Labute approximate surface area is 154 Å². The number of rotatable bonds is 4. The zero-order valence-electron chi connectivity index (χ0n) is 15.0. The zero-order valence-corrected chi connectivity index (χ0v) is 15.0. The number of hydrogen-bond acceptors (Lipinski definition) is 4. The Bertz CT molecular complexity index is 644. The number of benzene rings is 1. The Hall–Kier alpha value is -1.92. The maximum absolute atomic E-state index is 13.1. The number of carbonyl (C=O) groups is 2. The molecule has 6 heteroatoms. The van der Waals surface area contributed by atoms with Crippen LogP contribution in [0.5, 0.6) is 0 Å². The maximum atomic E-state index is 13.1. The van der Waals surface area contributed by atoms with Gasteiger partial charge in [-0.2, -0.15) is 0 Å². The van der Waals surface area contributed by atoms with Crippen LogP contribution >= 0.6 is 0 Å². The van der Waals surface area contributed by atoms with Crippen LogP contribution < -0.4 is 0 Å². The molecule has 1 aromatic rings. The normalized spacial score (nSPS) is 27.3. The van der Waals surface area contributed by atoms with Gasteiger partial charge in [-0.3, -0.25) is 9.59 Å². The fourth-order valence-electron chi connectivity index (χ4n) is 4.24. The fraction of sp³-hybridized carbons (Fsp3) is 0.600. The maximum Gasteiger partial charge on any atom is 0.228 e. The molecule has 26 heavy (non-hydrogen) atoms. The van der Waals surface area contributed by atoms with E-state index in [9.17, 15) is 9.59 Å². The largest absolute Gasteiger partial charge is 0.348 e. The van der Waals surface area contributed by atoms with Crippen LogP contribution in [0, 0.1) is 5.92 Å². The first-order valence-electron chi connectivity index (χ1n) is 9.58. The predicted octanol–water partition coefficient (Wildman–Crippen LogP) is 1.79. The van der Waals surface area contributed by atoms with Crippen LogP contribution in [0.4, 0.5) is 0 Å². The summed E-state index contributed by atoms with van der Waals surface area (Å²) in [6, 6.07) is 9.91. The van der Waals surface area contributed by atoms with Gasteiger partial charge in [-0.15, -0.1) is 0 Å². The molecule has 3 aliphatic heterocycles. The molecule has 0 saturated carbocycles. The number of piperidine rings is 1. The van der Waals surface area contributed by atoms with E-state index in [1.807, 2.05) is 35.2 Å². The van der Waals surface area contributed by atoms with Crippen LogP contribution in [0.2, 0.25) is 0 Å². The van der Waals surface area contributed by atoms with Gasteiger partial charge in [-0.25, -0.2) is 0 Å². The van der Waals surface area contributed by atoms with Crippen molar-refractivity contribution in [1.82, 2.24) is 9.80 Å². The van der Waals surface area contributed by atoms with Gasteiger partial charge < -0.3 is 19.3 Å². The van der Waals surface area contributed by atoms with Crippen LogP contribution in [0.15, 0.2) is 30.3 Å². The van der Waals surface area contributed by atoms with Gasteiger partial charge >= 0.3 is 0 Å². The minimum Gasteiger partial charge on any atom is -0.348 e. The van der Waals surface area contributed by atoms with Crippen molar-refractivity contribution >= 4 is 11.8 Å². The van der Waals surface area contributed by atoms with E-state index in [4.69, 9.17) is 9.47 Å². The molecular formula is C20H26N2O4. The highest BCUT2D eigenvalue weighted by atomic mass is 16.7. The first kappa shape index (κ1) is 17.5. The molecule has 3 heterocycles. The fourth-order valence-corrected chi connectivity index (χ4v) is 4.24. The molecule has 0 bridgehead atoms. The summed E-state index contributed by atoms with van der Waals surface area (Å²) in [5.74, 6) is -0.111. The molecule has 140 valence electrons. The standard InChI is InChI=1S/C20H26N2O4/c23-18-12-16(14-21(18)13-15-6-2-1-3-7-15)19(24)22-9-5-4-8-17(22)20-25-10-11-26-20/h1-3,6-7,16-17,20H,4-5,8-14H2. The minimum absolute atomic E-state index is 0.0166. The van der Waals surface area contributed by atoms with Crippen LogP contribution in [-0.4, -0.2) is 60.2 Å². The van der Waals surface area contributed by atoms with Crippen LogP contribution in [-0.2, 0) is 25.6 Å². The molecule has 2 unspecified atom stereocenters. The van der Waals surface area contributed by atoms with E-state index in [1.54, 1.807) is 4.90 Å². The van der Waals surface area contributed by atoms with Crippen molar-refractivity contribution in [3.63, 3.8) is 0 Å². The van der Waals surface area contributed by atoms with Gasteiger partial charge in [0.25, 0.3) is 0 Å². The number of amides is 2. The van der Waals surface area contributed by atoms with Crippen LogP contribution in [0.3, 0.4) is 0 Å². The first-order valence-corrected chi connectivity index (χ1v) is 9.58. The molecule has 0 N–H and O–H groups in total. The summed E-state index contributed by atoms with van der Waals surface area (Å²) < 4.78 is 11.3. The quantitative estimate of drug-likeness (QED) is 0.823. The van der Waals surface area contributed by atoms with Crippen LogP contribution in [0.25, 0.3) is 0 Å². The van der Waals surface area contributed by atoms with E-state index in [0.29, 0.717) is 32.7 Å². The molecule has 4 rings (SSSR count). The van der Waals surface area contributed by atoms with E-state index in [0.717, 1.165) is 31.4 Å². The second-order valence-electron chi connectivity index (χ2n) is 7.37. The third kappa shape index (κ3) is 3.62. The smallest absolute Gasteiger partial charge is 0.228 e. The SMILES string of the molecule is O=C1CC(C(=O)N2CCCCC2C2OCCO2)CN1Cc1ccccc1.